The van der Waals surface area contributed by atoms with E-state index in [-0.39, 0.29) is 18.0 Å². The molecule has 10 nitrogen and oxygen atoms in total. The zero-order valence-corrected chi connectivity index (χ0v) is 22.8. The molecule has 3 aromatic carbocycles. The molecule has 5 rings (SSSR count). The molecule has 2 aromatic heterocycles. The van der Waals surface area contributed by atoms with Crippen LogP contribution in [0.4, 0.5) is 0 Å². The number of aryl methyl sites for hydroxylation is 2. The first-order valence-electron chi connectivity index (χ1n) is 12.7. The van der Waals surface area contributed by atoms with Crippen LogP contribution >= 0.6 is 0 Å². The fraction of sp³-hybridized carbons (Fsp3) is 0.200. The smallest absolute Gasteiger partial charge is 0.280 e. The quantitative estimate of drug-likeness (QED) is 0.218. The second-order valence-corrected chi connectivity index (χ2v) is 9.39. The number of imidazole rings is 1. The molecule has 40 heavy (non-hydrogen) atoms. The Labute approximate surface area is 230 Å². The van der Waals surface area contributed by atoms with Gasteiger partial charge in [-0.05, 0) is 55.8 Å². The predicted molar refractivity (Wildman–Crippen MR) is 154 cm³/mol. The van der Waals surface area contributed by atoms with Gasteiger partial charge in [0.2, 0.25) is 0 Å². The van der Waals surface area contributed by atoms with E-state index in [1.165, 1.54) is 10.9 Å². The van der Waals surface area contributed by atoms with Crippen LogP contribution < -0.4 is 20.5 Å². The Hall–Kier alpha value is -5.12. The van der Waals surface area contributed by atoms with E-state index >= 15 is 0 Å². The number of hydrogen-bond donors (Lipinski definition) is 2. The monoisotopic (exact) mass is 538 g/mol. The largest absolute Gasteiger partial charge is 0.493 e. The van der Waals surface area contributed by atoms with Gasteiger partial charge >= 0.3 is 0 Å². The van der Waals surface area contributed by atoms with E-state index < -0.39 is 0 Å². The topological polar surface area (TPSA) is 116 Å². The Morgan fingerprint density at radius 3 is 2.52 bits per heavy atom. The average molecular weight is 539 g/mol. The van der Waals surface area contributed by atoms with E-state index in [0.29, 0.717) is 29.2 Å². The summed E-state index contributed by atoms with van der Waals surface area (Å²) in [7, 11) is 3.18. The number of nitrogens with one attached hydrogen (secondary N) is 2. The highest BCUT2D eigenvalue weighted by atomic mass is 16.5. The summed E-state index contributed by atoms with van der Waals surface area (Å²) in [6.45, 7) is 3.77. The molecule has 0 radical (unpaired) electrons. The number of aromatic amines is 1. The van der Waals surface area contributed by atoms with Gasteiger partial charge in [0.05, 0.1) is 42.7 Å². The Bertz CT molecular complexity index is 1760. The van der Waals surface area contributed by atoms with E-state index in [1.54, 1.807) is 21.1 Å². The Morgan fingerprint density at radius 1 is 1.02 bits per heavy atom. The van der Waals surface area contributed by atoms with Crippen molar-refractivity contribution >= 4 is 23.2 Å². The van der Waals surface area contributed by atoms with Crippen molar-refractivity contribution in [2.24, 2.45) is 5.10 Å². The fourth-order valence-electron chi connectivity index (χ4n) is 4.54. The number of methoxy groups -OCH3 is 2. The van der Waals surface area contributed by atoms with Gasteiger partial charge in [0.1, 0.15) is 12.4 Å². The number of rotatable bonds is 9. The van der Waals surface area contributed by atoms with Crippen LogP contribution in [0.3, 0.4) is 0 Å². The number of carbonyl (C=O) groups is 1. The van der Waals surface area contributed by atoms with Crippen molar-refractivity contribution in [1.29, 1.82) is 0 Å². The number of H-pyrrole nitrogens is 1. The van der Waals surface area contributed by atoms with Gasteiger partial charge in [-0.2, -0.15) is 5.10 Å². The van der Waals surface area contributed by atoms with Crippen LogP contribution in [0.5, 0.6) is 11.5 Å². The van der Waals surface area contributed by atoms with Crippen LogP contribution in [0, 0.1) is 13.8 Å². The molecule has 0 aliphatic rings. The van der Waals surface area contributed by atoms with E-state index in [2.05, 4.69) is 15.6 Å². The summed E-state index contributed by atoms with van der Waals surface area (Å²) in [5.41, 5.74) is 7.70. The molecule has 0 unspecified atom stereocenters. The van der Waals surface area contributed by atoms with Crippen LogP contribution in [-0.4, -0.2) is 45.7 Å². The van der Waals surface area contributed by atoms with Crippen LogP contribution in [0.2, 0.25) is 0 Å². The van der Waals surface area contributed by atoms with E-state index in [0.717, 1.165) is 33.7 Å². The van der Waals surface area contributed by atoms with Crippen molar-refractivity contribution in [3.05, 3.63) is 105 Å². The van der Waals surface area contributed by atoms with Gasteiger partial charge in [-0.15, -0.1) is 0 Å². The Balaban J connectivity index is 1.35. The lowest BCUT2D eigenvalue weighted by molar-refractivity contribution is -0.121. The lowest BCUT2D eigenvalue weighted by Crippen LogP contribution is -2.25. The van der Waals surface area contributed by atoms with Gasteiger partial charge in [0, 0.05) is 12.1 Å². The summed E-state index contributed by atoms with van der Waals surface area (Å²) in [5, 5.41) is 7.14. The molecule has 5 aromatic rings. The number of hydrazone groups is 1. The number of benzene rings is 3. The van der Waals surface area contributed by atoms with Crippen LogP contribution in [0.25, 0.3) is 16.7 Å². The first-order valence-corrected chi connectivity index (χ1v) is 12.7. The number of amides is 1. The molecule has 1 amide bonds. The van der Waals surface area contributed by atoms with Gasteiger partial charge in [0.15, 0.2) is 11.5 Å². The number of para-hydroxylation sites is 2. The summed E-state index contributed by atoms with van der Waals surface area (Å²) in [6.07, 6.45) is 1.85. The van der Waals surface area contributed by atoms with Crippen LogP contribution in [-0.2, 0) is 17.8 Å². The van der Waals surface area contributed by atoms with Gasteiger partial charge in [-0.1, -0.05) is 35.9 Å². The highest BCUT2D eigenvalue weighted by molar-refractivity contribution is 5.84. The number of carbonyl (C=O) groups excluding carboxylic acids is 1. The minimum atomic E-state index is -0.347. The number of hydrogen-bond acceptors (Lipinski definition) is 6. The normalized spacial score (nSPS) is 11.3. The number of ether oxygens (including phenoxy) is 2. The third kappa shape index (κ3) is 5.37. The second kappa shape index (κ2) is 11.3. The fourth-order valence-corrected chi connectivity index (χ4v) is 4.54. The maximum Gasteiger partial charge on any atom is 0.280 e. The molecule has 10 heteroatoms. The standard InChI is InChI=1S/C30H30N6O4/c1-19-9-12-22(13-10-19)36-30(38)23(20(2)34-36)17-31-33-29(37)18-35-25-8-6-5-7-24(25)32-28(35)16-21-11-14-26(39-3)27(15-21)40-4/h5-15,17,34H,16,18H2,1-4H3,(H,33,37). The number of nitrogens with zero attached hydrogens (tertiary/aromatic N) is 4. The molecule has 0 atom stereocenters. The van der Waals surface area contributed by atoms with Crippen molar-refractivity contribution in [1.82, 2.24) is 24.8 Å². The maximum absolute atomic E-state index is 13.0. The van der Waals surface area contributed by atoms with Crippen LogP contribution in [0.15, 0.2) is 76.6 Å². The lowest BCUT2D eigenvalue weighted by atomic mass is 10.1. The van der Waals surface area contributed by atoms with Crippen molar-refractivity contribution in [2.75, 3.05) is 14.2 Å². The van der Waals surface area contributed by atoms with Gasteiger partial charge in [0.25, 0.3) is 11.5 Å². The highest BCUT2D eigenvalue weighted by Crippen LogP contribution is 2.29. The summed E-state index contributed by atoms with van der Waals surface area (Å²) < 4.78 is 14.1. The summed E-state index contributed by atoms with van der Waals surface area (Å²) in [5.74, 6) is 1.63. The molecule has 0 spiro atoms. The molecular weight excluding hydrogens is 508 g/mol. The molecule has 0 aliphatic carbocycles. The van der Waals surface area contributed by atoms with Gasteiger partial charge in [-0.25, -0.2) is 15.1 Å². The lowest BCUT2D eigenvalue weighted by Gasteiger charge is -2.11. The van der Waals surface area contributed by atoms with Crippen LogP contribution in [0.1, 0.15) is 28.2 Å². The summed E-state index contributed by atoms with van der Waals surface area (Å²) >= 11 is 0. The third-order valence-corrected chi connectivity index (χ3v) is 6.64. The van der Waals surface area contributed by atoms with Crippen molar-refractivity contribution < 1.29 is 14.3 Å². The minimum Gasteiger partial charge on any atom is -0.493 e. The Kier molecular flexibility index (Phi) is 7.50. The SMILES string of the molecule is COc1ccc(Cc2nc3ccccc3n2CC(=O)NN=Cc2c(C)[nH]n(-c3ccc(C)cc3)c2=O)cc1OC. The minimum absolute atomic E-state index is 0.000192. The zero-order chi connectivity index (χ0) is 28.2. The van der Waals surface area contributed by atoms with Crippen molar-refractivity contribution in [2.45, 2.75) is 26.8 Å². The van der Waals surface area contributed by atoms with E-state index in [4.69, 9.17) is 14.5 Å². The summed E-state index contributed by atoms with van der Waals surface area (Å²) in [6, 6.07) is 20.9. The van der Waals surface area contributed by atoms with Gasteiger partial charge < -0.3 is 14.0 Å². The molecule has 0 fully saturated rings. The van der Waals surface area contributed by atoms with E-state index in [1.807, 2.05) is 78.2 Å². The Morgan fingerprint density at radius 2 is 1.77 bits per heavy atom. The molecule has 0 bridgehead atoms. The second-order valence-electron chi connectivity index (χ2n) is 9.39. The molecule has 204 valence electrons. The molecule has 2 heterocycles. The molecule has 0 aliphatic heterocycles. The molecule has 0 saturated heterocycles. The third-order valence-electron chi connectivity index (χ3n) is 6.64. The molecule has 2 N–H and O–H groups in total. The average Bonchev–Trinajstić information content (AvgIpc) is 3.44. The first-order chi connectivity index (χ1) is 19.4. The maximum atomic E-state index is 13.0. The van der Waals surface area contributed by atoms with Gasteiger partial charge in [-0.3, -0.25) is 14.7 Å². The molecular formula is C30H30N6O4. The number of aromatic nitrogens is 4. The first kappa shape index (κ1) is 26.5. The van der Waals surface area contributed by atoms with E-state index in [9.17, 15) is 9.59 Å². The van der Waals surface area contributed by atoms with Crippen molar-refractivity contribution in [3.63, 3.8) is 0 Å². The predicted octanol–water partition coefficient (Wildman–Crippen LogP) is 3.89. The summed E-state index contributed by atoms with van der Waals surface area (Å²) in [4.78, 5) is 30.7. The van der Waals surface area contributed by atoms with Crippen molar-refractivity contribution in [3.8, 4) is 17.2 Å². The molecule has 0 saturated carbocycles. The number of fused-ring (bicyclic) bond motifs is 1. The highest BCUT2D eigenvalue weighted by Gasteiger charge is 2.16. The zero-order valence-electron chi connectivity index (χ0n) is 22.8.